The van der Waals surface area contributed by atoms with E-state index < -0.39 is 54.3 Å². The molecule has 3 aromatic rings. The van der Waals surface area contributed by atoms with Crippen LogP contribution in [0.4, 0.5) is 5.82 Å². The number of hydrogen-bond acceptors (Lipinski definition) is 16. The largest absolute Gasteiger partial charge is 0.491 e. The van der Waals surface area contributed by atoms with Crippen LogP contribution in [0.25, 0.3) is 21.5 Å². The third-order valence-corrected chi connectivity index (χ3v) is 12.9. The molecule has 1 aromatic carbocycles. The molecule has 24 nitrogen and oxygen atoms in total. The van der Waals surface area contributed by atoms with Crippen molar-refractivity contribution in [3.8, 4) is 17.6 Å². The number of rotatable bonds is 22. The highest BCUT2D eigenvalue weighted by Crippen LogP contribution is 2.66. The molecule has 0 spiro atoms. The van der Waals surface area contributed by atoms with Gasteiger partial charge in [-0.2, -0.15) is 4.31 Å². The van der Waals surface area contributed by atoms with Gasteiger partial charge in [-0.1, -0.05) is 29.4 Å². The fraction of sp³-hybridized carbons (Fsp3) is 0.515. The van der Waals surface area contributed by atoms with Gasteiger partial charge in [0.2, 0.25) is 5.91 Å². The second-order valence-corrected chi connectivity index (χ2v) is 18.4. The minimum absolute atomic E-state index is 0.0112. The van der Waals surface area contributed by atoms with Gasteiger partial charge < -0.3 is 54.6 Å². The number of nitrogens with zero attached hydrogens (tertiary/aromatic N) is 6. The van der Waals surface area contributed by atoms with E-state index in [1.165, 1.54) is 12.7 Å². The number of amides is 2. The first-order chi connectivity index (χ1) is 28.5. The van der Waals surface area contributed by atoms with Gasteiger partial charge in [0, 0.05) is 29.9 Å². The molecule has 2 amide bonds. The van der Waals surface area contributed by atoms with Crippen molar-refractivity contribution in [2.75, 3.05) is 58.5 Å². The van der Waals surface area contributed by atoms with E-state index in [9.17, 15) is 33.1 Å². The van der Waals surface area contributed by atoms with Crippen LogP contribution in [0.15, 0.2) is 41.9 Å². The summed E-state index contributed by atoms with van der Waals surface area (Å²) >= 11 is 0. The molecule has 2 fully saturated rings. The average Bonchev–Trinajstić information content (AvgIpc) is 3.78. The normalized spacial score (nSPS) is 19.9. The number of ether oxygens (including phenoxy) is 4. The molecule has 3 heterocycles. The van der Waals surface area contributed by atoms with Crippen molar-refractivity contribution in [2.24, 2.45) is 11.0 Å². The number of carbonyl (C=O) groups excluding carboxylic acids is 2. The molecule has 2 aliphatic rings. The molecule has 1 saturated carbocycles. The van der Waals surface area contributed by atoms with E-state index in [0.29, 0.717) is 59.9 Å². The second-order valence-electron chi connectivity index (χ2n) is 13.4. The van der Waals surface area contributed by atoms with E-state index in [-0.39, 0.29) is 44.7 Å². The Morgan fingerprint density at radius 2 is 1.92 bits per heavy atom. The molecule has 60 heavy (non-hydrogen) atoms. The third kappa shape index (κ3) is 14.6. The number of nitrogens with two attached hydrogens (primary N) is 1. The molecule has 4 unspecified atom stereocenters. The van der Waals surface area contributed by atoms with Crippen molar-refractivity contribution in [1.82, 2.24) is 25.2 Å². The minimum atomic E-state index is -5.42. The lowest BCUT2D eigenvalue weighted by molar-refractivity contribution is -0.126. The average molecular weight is 900 g/mol. The molecule has 1 saturated heterocycles. The maximum Gasteiger partial charge on any atom is 0.488 e. The second kappa shape index (κ2) is 21.4. The molecule has 2 aromatic heterocycles. The summed E-state index contributed by atoms with van der Waals surface area (Å²) in [5, 5.41) is 9.52. The van der Waals surface area contributed by atoms with Gasteiger partial charge in [-0.3, -0.25) is 18.7 Å². The first-order valence-electron chi connectivity index (χ1n) is 18.3. The van der Waals surface area contributed by atoms with Gasteiger partial charge in [0.15, 0.2) is 6.23 Å². The SMILES string of the molecule is CP(=O)(O)OP(=O)(O)OP(=O)(O)OC[C@@H]1CC[C@H](n2cc(C#CCNC(=O)COCCOC(COc3cccc(C(=O)NCC4CCC4)c3)N=[N+]=[N-])c3c(N)ncnc32)O1. The van der Waals surface area contributed by atoms with Crippen LogP contribution in [-0.2, 0) is 45.8 Å². The number of nitrogens with one attached hydrogen (secondary N) is 2. The van der Waals surface area contributed by atoms with Crippen LogP contribution in [0.1, 0.15) is 54.3 Å². The molecular formula is C33H44N9O15P3. The van der Waals surface area contributed by atoms with Crippen LogP contribution in [-0.4, -0.2) is 106 Å². The van der Waals surface area contributed by atoms with Crippen LogP contribution in [0.3, 0.4) is 0 Å². The maximum atomic E-state index is 12.5. The van der Waals surface area contributed by atoms with E-state index in [1.807, 2.05) is 0 Å². The van der Waals surface area contributed by atoms with Crippen molar-refractivity contribution in [3.63, 3.8) is 0 Å². The highest BCUT2D eigenvalue weighted by molar-refractivity contribution is 7.68. The number of anilines is 1. The van der Waals surface area contributed by atoms with Gasteiger partial charge in [0.1, 0.15) is 43.0 Å². The lowest BCUT2D eigenvalue weighted by Gasteiger charge is -2.25. The number of phosphoric acid groups is 2. The Bertz CT molecular complexity index is 2250. The molecule has 5 rings (SSSR count). The quantitative estimate of drug-likeness (QED) is 0.0210. The fourth-order valence-corrected chi connectivity index (χ4v) is 9.32. The third-order valence-electron chi connectivity index (χ3n) is 8.73. The van der Waals surface area contributed by atoms with E-state index >= 15 is 0 Å². The summed E-state index contributed by atoms with van der Waals surface area (Å²) in [6.45, 7) is 0.107. The predicted molar refractivity (Wildman–Crippen MR) is 210 cm³/mol. The summed E-state index contributed by atoms with van der Waals surface area (Å²) < 4.78 is 72.2. The van der Waals surface area contributed by atoms with Gasteiger partial charge in [-0.25, -0.2) is 23.4 Å². The predicted octanol–water partition coefficient (Wildman–Crippen LogP) is 3.50. The lowest BCUT2D eigenvalue weighted by atomic mass is 9.85. The van der Waals surface area contributed by atoms with Crippen LogP contribution in [0.5, 0.6) is 5.75 Å². The summed E-state index contributed by atoms with van der Waals surface area (Å²) in [5.41, 5.74) is 16.3. The zero-order chi connectivity index (χ0) is 43.3. The monoisotopic (exact) mass is 899 g/mol. The van der Waals surface area contributed by atoms with Gasteiger partial charge >= 0.3 is 23.2 Å². The van der Waals surface area contributed by atoms with Crippen molar-refractivity contribution < 1.29 is 70.1 Å². The maximum absolute atomic E-state index is 12.5. The van der Waals surface area contributed by atoms with Crippen LogP contribution < -0.4 is 21.1 Å². The molecule has 1 aliphatic heterocycles. The molecule has 0 radical (unpaired) electrons. The van der Waals surface area contributed by atoms with Crippen LogP contribution >= 0.6 is 23.2 Å². The Balaban J connectivity index is 1.03. The van der Waals surface area contributed by atoms with Crippen molar-refractivity contribution in [3.05, 3.63) is 58.4 Å². The molecule has 326 valence electrons. The summed E-state index contributed by atoms with van der Waals surface area (Å²) in [6.07, 6.45) is 4.48. The topological polar surface area (TPSA) is 340 Å². The zero-order valence-electron chi connectivity index (χ0n) is 32.1. The molecule has 7 N–H and O–H groups in total. The highest BCUT2D eigenvalue weighted by Gasteiger charge is 2.40. The van der Waals surface area contributed by atoms with Gasteiger partial charge in [-0.05, 0) is 55.3 Å². The van der Waals surface area contributed by atoms with E-state index in [0.717, 1.165) is 12.8 Å². The number of azide groups is 1. The van der Waals surface area contributed by atoms with Crippen molar-refractivity contribution >= 4 is 51.9 Å². The van der Waals surface area contributed by atoms with E-state index in [2.05, 4.69) is 51.1 Å². The summed E-state index contributed by atoms with van der Waals surface area (Å²) in [6, 6.07) is 6.62. The summed E-state index contributed by atoms with van der Waals surface area (Å²) in [4.78, 5) is 64.4. The number of nitrogen functional groups attached to an aromatic ring is 1. The minimum Gasteiger partial charge on any atom is -0.491 e. The molecule has 1 aliphatic carbocycles. The Labute approximate surface area is 342 Å². The lowest BCUT2D eigenvalue weighted by Crippen LogP contribution is -2.32. The summed E-state index contributed by atoms with van der Waals surface area (Å²) in [7, 11) is -15.2. The zero-order valence-corrected chi connectivity index (χ0v) is 34.8. The van der Waals surface area contributed by atoms with Crippen molar-refractivity contribution in [1.29, 1.82) is 0 Å². The van der Waals surface area contributed by atoms with Gasteiger partial charge in [0.05, 0.1) is 43.4 Å². The van der Waals surface area contributed by atoms with Gasteiger partial charge in [-0.15, -0.1) is 0 Å². The van der Waals surface area contributed by atoms with Crippen molar-refractivity contribution in [2.45, 2.75) is 50.7 Å². The number of benzene rings is 1. The van der Waals surface area contributed by atoms with Crippen LogP contribution in [0.2, 0.25) is 0 Å². The van der Waals surface area contributed by atoms with Gasteiger partial charge in [0.25, 0.3) is 5.91 Å². The molecule has 0 bridgehead atoms. The Morgan fingerprint density at radius 1 is 1.12 bits per heavy atom. The van der Waals surface area contributed by atoms with E-state index in [1.54, 1.807) is 35.0 Å². The first-order valence-corrected chi connectivity index (χ1v) is 23.3. The number of fused-ring (bicyclic) bond motifs is 1. The Morgan fingerprint density at radius 3 is 2.65 bits per heavy atom. The fourth-order valence-electron chi connectivity index (χ4n) is 5.82. The number of phosphoric ester groups is 1. The number of carbonyl (C=O) groups is 2. The standard InChI is InChI=1S/C33H44N9O15P3/c1-58(45,46)56-60(49,50)57-59(47,48)54-18-26-10-11-29(55-26)42-17-24(30-31(34)38-21-39-32(30)42)8-4-12-36-27(43)19-51-13-14-52-28(40-41-35)20-53-25-9-3-7-23(15-25)33(44)37-16-22-5-2-6-22/h3,7,9,15,17,21-22,26,28-29H,2,5-6,10-14,16,18-20H2,1H3,(H,36,43)(H,37,44)(H,45,46)(H,47,48)(H,49,50)(H2,34,38,39)/t26-,28?,29+/m0/s1. The Hall–Kier alpha value is -4.42. The Kier molecular flexibility index (Phi) is 16.6. The molecular weight excluding hydrogens is 855 g/mol. The number of hydrogen-bond donors (Lipinski definition) is 6. The first kappa shape index (κ1) is 46.6. The number of aromatic nitrogens is 3. The molecule has 6 atom stereocenters. The van der Waals surface area contributed by atoms with E-state index in [4.69, 9.17) is 39.6 Å². The smallest absolute Gasteiger partial charge is 0.488 e. The highest BCUT2D eigenvalue weighted by atomic mass is 31.3. The van der Waals surface area contributed by atoms with Crippen LogP contribution in [0, 0.1) is 17.8 Å². The summed E-state index contributed by atoms with van der Waals surface area (Å²) in [5.74, 6) is 6.12. The molecule has 27 heteroatoms.